The molecule has 0 spiro atoms. The van der Waals surface area contributed by atoms with E-state index in [2.05, 4.69) is 11.2 Å². The number of ether oxygens (including phenoxy) is 2. The van der Waals surface area contributed by atoms with Gasteiger partial charge >= 0.3 is 0 Å². The van der Waals surface area contributed by atoms with Gasteiger partial charge in [0.1, 0.15) is 0 Å². The van der Waals surface area contributed by atoms with Crippen LogP contribution in [0.15, 0.2) is 0 Å². The first-order valence-corrected chi connectivity index (χ1v) is 4.07. The summed E-state index contributed by atoms with van der Waals surface area (Å²) in [6, 6.07) is 0.121. The topological polar surface area (TPSA) is 30.5 Å². The van der Waals surface area contributed by atoms with Crippen LogP contribution in [-0.4, -0.2) is 39.5 Å². The zero-order chi connectivity index (χ0) is 9.23. The van der Waals surface area contributed by atoms with Crippen LogP contribution < -0.4 is 5.32 Å². The van der Waals surface area contributed by atoms with Crippen LogP contribution in [-0.2, 0) is 9.47 Å². The molecule has 0 rings (SSSR count). The average molecular weight is 171 g/mol. The van der Waals surface area contributed by atoms with Crippen molar-refractivity contribution in [2.75, 3.05) is 33.5 Å². The lowest BCUT2D eigenvalue weighted by Gasteiger charge is -2.07. The number of hydrogen-bond donors (Lipinski definition) is 1. The van der Waals surface area contributed by atoms with E-state index in [0.717, 1.165) is 6.54 Å². The van der Waals surface area contributed by atoms with Crippen LogP contribution in [0.25, 0.3) is 0 Å². The first kappa shape index (κ1) is 11.4. The first-order valence-electron chi connectivity index (χ1n) is 4.07. The molecule has 0 aliphatic carbocycles. The minimum Gasteiger partial charge on any atom is -0.382 e. The minimum absolute atomic E-state index is 0.121. The molecule has 0 saturated carbocycles. The second-order valence-corrected chi connectivity index (χ2v) is 2.45. The summed E-state index contributed by atoms with van der Waals surface area (Å²) in [5.74, 6) is 2.58. The molecule has 0 saturated heterocycles. The Hall–Kier alpha value is -0.560. The smallest absolute Gasteiger partial charge is 0.0700 e. The highest BCUT2D eigenvalue weighted by Gasteiger charge is 1.93. The van der Waals surface area contributed by atoms with Gasteiger partial charge in [-0.25, -0.2) is 0 Å². The number of methoxy groups -OCH3 is 1. The van der Waals surface area contributed by atoms with Gasteiger partial charge in [-0.2, -0.15) is 0 Å². The van der Waals surface area contributed by atoms with Gasteiger partial charge in [-0.1, -0.05) is 5.92 Å². The monoisotopic (exact) mass is 171 g/mol. The zero-order valence-corrected chi connectivity index (χ0v) is 7.80. The third-order valence-corrected chi connectivity index (χ3v) is 1.38. The number of nitrogens with one attached hydrogen (secondary N) is 1. The molecule has 0 aliphatic heterocycles. The van der Waals surface area contributed by atoms with Crippen molar-refractivity contribution >= 4 is 0 Å². The molecule has 0 aliphatic rings. The highest BCUT2D eigenvalue weighted by molar-refractivity contribution is 4.95. The quantitative estimate of drug-likeness (QED) is 0.440. The Morgan fingerprint density at radius 3 is 2.75 bits per heavy atom. The van der Waals surface area contributed by atoms with Gasteiger partial charge in [0.25, 0.3) is 0 Å². The maximum absolute atomic E-state index is 5.21. The molecule has 3 heteroatoms. The van der Waals surface area contributed by atoms with Crippen LogP contribution in [0.3, 0.4) is 0 Å². The van der Waals surface area contributed by atoms with E-state index < -0.39 is 0 Å². The van der Waals surface area contributed by atoms with Gasteiger partial charge in [0.2, 0.25) is 0 Å². The molecule has 0 amide bonds. The van der Waals surface area contributed by atoms with Crippen molar-refractivity contribution in [2.45, 2.75) is 13.0 Å². The Morgan fingerprint density at radius 2 is 2.17 bits per heavy atom. The minimum atomic E-state index is 0.121. The normalized spacial score (nSPS) is 12.4. The molecule has 0 aromatic heterocycles. The van der Waals surface area contributed by atoms with E-state index in [1.807, 2.05) is 6.92 Å². The first-order chi connectivity index (χ1) is 5.81. The van der Waals surface area contributed by atoms with E-state index in [1.54, 1.807) is 7.11 Å². The largest absolute Gasteiger partial charge is 0.382 e. The van der Waals surface area contributed by atoms with Crippen LogP contribution in [0, 0.1) is 12.3 Å². The van der Waals surface area contributed by atoms with Crippen molar-refractivity contribution in [1.29, 1.82) is 0 Å². The molecule has 0 aromatic rings. The number of terminal acetylenes is 1. The molecular formula is C9H17NO2. The molecule has 0 radical (unpaired) electrons. The van der Waals surface area contributed by atoms with E-state index >= 15 is 0 Å². The summed E-state index contributed by atoms with van der Waals surface area (Å²) < 4.78 is 10.0. The summed E-state index contributed by atoms with van der Waals surface area (Å²) in [5.41, 5.74) is 0. The molecule has 0 heterocycles. The van der Waals surface area contributed by atoms with Crippen molar-refractivity contribution in [1.82, 2.24) is 5.32 Å². The van der Waals surface area contributed by atoms with Crippen molar-refractivity contribution in [3.05, 3.63) is 0 Å². The molecule has 70 valence electrons. The van der Waals surface area contributed by atoms with Gasteiger partial charge in [-0.3, -0.25) is 0 Å². The molecule has 0 bridgehead atoms. The van der Waals surface area contributed by atoms with Crippen molar-refractivity contribution in [3.8, 4) is 12.3 Å². The molecule has 3 nitrogen and oxygen atoms in total. The van der Waals surface area contributed by atoms with E-state index in [9.17, 15) is 0 Å². The second kappa shape index (κ2) is 8.54. The predicted molar refractivity (Wildman–Crippen MR) is 49.0 cm³/mol. The second-order valence-electron chi connectivity index (χ2n) is 2.45. The number of rotatable bonds is 7. The third kappa shape index (κ3) is 7.55. The molecule has 1 atom stereocenters. The van der Waals surface area contributed by atoms with Gasteiger partial charge in [0, 0.05) is 13.7 Å². The maximum atomic E-state index is 5.21. The van der Waals surface area contributed by atoms with Crippen LogP contribution in [0.2, 0.25) is 0 Å². The Bertz CT molecular complexity index is 131. The fraction of sp³-hybridized carbons (Fsp3) is 0.778. The molecular weight excluding hydrogens is 154 g/mol. The van der Waals surface area contributed by atoms with Gasteiger partial charge in [-0.15, -0.1) is 6.42 Å². The molecule has 0 aromatic carbocycles. The van der Waals surface area contributed by atoms with E-state index in [-0.39, 0.29) is 6.04 Å². The SMILES string of the molecule is C#CC(C)NCCOCCOC. The summed E-state index contributed by atoms with van der Waals surface area (Å²) in [4.78, 5) is 0. The van der Waals surface area contributed by atoms with Crippen molar-refractivity contribution < 1.29 is 9.47 Å². The lowest BCUT2D eigenvalue weighted by molar-refractivity contribution is 0.0717. The van der Waals surface area contributed by atoms with Gasteiger partial charge in [0.05, 0.1) is 25.9 Å². The highest BCUT2D eigenvalue weighted by Crippen LogP contribution is 1.78. The average Bonchev–Trinajstić information content (AvgIpc) is 2.10. The van der Waals surface area contributed by atoms with Gasteiger partial charge in [0.15, 0.2) is 0 Å². The van der Waals surface area contributed by atoms with Crippen LogP contribution in [0.1, 0.15) is 6.92 Å². The maximum Gasteiger partial charge on any atom is 0.0700 e. The predicted octanol–water partition coefficient (Wildman–Crippen LogP) is 0.261. The lowest BCUT2D eigenvalue weighted by Crippen LogP contribution is -2.28. The van der Waals surface area contributed by atoms with Crippen LogP contribution in [0.4, 0.5) is 0 Å². The summed E-state index contributed by atoms with van der Waals surface area (Å²) in [5, 5.41) is 3.11. The van der Waals surface area contributed by atoms with Crippen molar-refractivity contribution in [3.63, 3.8) is 0 Å². The van der Waals surface area contributed by atoms with Gasteiger partial charge in [-0.05, 0) is 6.92 Å². The van der Waals surface area contributed by atoms with E-state index in [0.29, 0.717) is 19.8 Å². The third-order valence-electron chi connectivity index (χ3n) is 1.38. The van der Waals surface area contributed by atoms with Crippen molar-refractivity contribution in [2.24, 2.45) is 0 Å². The summed E-state index contributed by atoms with van der Waals surface area (Å²) in [6.45, 7) is 4.69. The van der Waals surface area contributed by atoms with Gasteiger partial charge < -0.3 is 14.8 Å². The Labute approximate surface area is 74.4 Å². The van der Waals surface area contributed by atoms with Crippen LogP contribution >= 0.6 is 0 Å². The highest BCUT2D eigenvalue weighted by atomic mass is 16.5. The zero-order valence-electron chi connectivity index (χ0n) is 7.80. The molecule has 1 N–H and O–H groups in total. The Kier molecular flexibility index (Phi) is 8.14. The molecule has 0 fully saturated rings. The number of hydrogen-bond acceptors (Lipinski definition) is 3. The lowest BCUT2D eigenvalue weighted by atomic mass is 10.3. The fourth-order valence-electron chi connectivity index (χ4n) is 0.651. The van der Waals surface area contributed by atoms with E-state index in [1.165, 1.54) is 0 Å². The van der Waals surface area contributed by atoms with E-state index in [4.69, 9.17) is 15.9 Å². The summed E-state index contributed by atoms with van der Waals surface area (Å²) in [7, 11) is 1.65. The summed E-state index contributed by atoms with van der Waals surface area (Å²) in [6.07, 6.45) is 5.16. The fourth-order valence-corrected chi connectivity index (χ4v) is 0.651. The Balaban J connectivity index is 2.96. The molecule has 12 heavy (non-hydrogen) atoms. The summed E-state index contributed by atoms with van der Waals surface area (Å²) >= 11 is 0. The molecule has 1 unspecified atom stereocenters. The Morgan fingerprint density at radius 1 is 1.42 bits per heavy atom. The van der Waals surface area contributed by atoms with Crippen LogP contribution in [0.5, 0.6) is 0 Å². The standard InChI is InChI=1S/C9H17NO2/c1-4-9(2)10-5-6-12-8-7-11-3/h1,9-10H,5-8H2,2-3H3.